The van der Waals surface area contributed by atoms with E-state index in [1.165, 1.54) is 18.6 Å². The number of fused-ring (bicyclic) bond motifs is 1. The fourth-order valence-electron chi connectivity index (χ4n) is 1.71. The SMILES string of the molecule is OC12CCCC1SCCS2. The summed E-state index contributed by atoms with van der Waals surface area (Å²) in [7, 11) is 0. The number of thioether (sulfide) groups is 2. The molecular formula is C7H12OS2. The molecule has 1 saturated carbocycles. The first-order chi connectivity index (χ1) is 4.81. The van der Waals surface area contributed by atoms with Crippen molar-refractivity contribution in [3.63, 3.8) is 0 Å². The zero-order valence-corrected chi connectivity index (χ0v) is 7.51. The predicted octanol–water partition coefficient (Wildman–Crippen LogP) is 1.71. The summed E-state index contributed by atoms with van der Waals surface area (Å²) in [6.07, 6.45) is 3.48. The van der Waals surface area contributed by atoms with E-state index >= 15 is 0 Å². The van der Waals surface area contributed by atoms with Gasteiger partial charge in [0.2, 0.25) is 0 Å². The molecular weight excluding hydrogens is 164 g/mol. The zero-order chi connectivity index (χ0) is 7.03. The van der Waals surface area contributed by atoms with Crippen LogP contribution < -0.4 is 0 Å². The summed E-state index contributed by atoms with van der Waals surface area (Å²) in [6.45, 7) is 0. The van der Waals surface area contributed by atoms with Gasteiger partial charge in [-0.15, -0.1) is 11.8 Å². The summed E-state index contributed by atoms with van der Waals surface area (Å²) in [6, 6.07) is 0. The lowest BCUT2D eigenvalue weighted by atomic mass is 10.3. The van der Waals surface area contributed by atoms with Gasteiger partial charge in [0, 0.05) is 16.8 Å². The van der Waals surface area contributed by atoms with Gasteiger partial charge >= 0.3 is 0 Å². The molecule has 0 aromatic rings. The van der Waals surface area contributed by atoms with Crippen molar-refractivity contribution in [2.24, 2.45) is 0 Å². The van der Waals surface area contributed by atoms with Crippen LogP contribution in [0.2, 0.25) is 0 Å². The summed E-state index contributed by atoms with van der Waals surface area (Å²) >= 11 is 3.73. The Labute approximate surface area is 70.0 Å². The van der Waals surface area contributed by atoms with Gasteiger partial charge in [-0.05, 0) is 19.3 Å². The molecule has 1 N–H and O–H groups in total. The van der Waals surface area contributed by atoms with Crippen molar-refractivity contribution < 1.29 is 5.11 Å². The molecule has 3 heteroatoms. The van der Waals surface area contributed by atoms with E-state index < -0.39 is 0 Å². The molecule has 2 aliphatic rings. The Hall–Kier alpha value is 0.660. The minimum atomic E-state index is -0.330. The molecule has 1 saturated heterocycles. The minimum Gasteiger partial charge on any atom is -0.378 e. The average molecular weight is 176 g/mol. The van der Waals surface area contributed by atoms with E-state index in [-0.39, 0.29) is 4.93 Å². The first kappa shape index (κ1) is 7.32. The molecule has 1 heterocycles. The molecule has 10 heavy (non-hydrogen) atoms. The molecule has 0 bridgehead atoms. The molecule has 2 atom stereocenters. The largest absolute Gasteiger partial charge is 0.378 e. The van der Waals surface area contributed by atoms with Gasteiger partial charge in [-0.25, -0.2) is 0 Å². The Morgan fingerprint density at radius 2 is 2.30 bits per heavy atom. The first-order valence-corrected chi connectivity index (χ1v) is 5.83. The molecule has 1 nitrogen and oxygen atoms in total. The second-order valence-corrected chi connectivity index (χ2v) is 5.66. The van der Waals surface area contributed by atoms with Crippen LogP contribution in [0.5, 0.6) is 0 Å². The van der Waals surface area contributed by atoms with Crippen molar-refractivity contribution in [1.29, 1.82) is 0 Å². The minimum absolute atomic E-state index is 0.330. The normalized spacial score (nSPS) is 47.1. The second-order valence-electron chi connectivity index (χ2n) is 2.94. The highest BCUT2D eigenvalue weighted by atomic mass is 32.2. The van der Waals surface area contributed by atoms with Gasteiger partial charge in [0.05, 0.1) is 0 Å². The van der Waals surface area contributed by atoms with E-state index in [1.54, 1.807) is 11.8 Å². The van der Waals surface area contributed by atoms with E-state index in [1.807, 2.05) is 11.8 Å². The molecule has 0 amide bonds. The molecule has 0 radical (unpaired) electrons. The average Bonchev–Trinajstić information content (AvgIpc) is 2.29. The van der Waals surface area contributed by atoms with Crippen molar-refractivity contribution >= 4 is 23.5 Å². The predicted molar refractivity (Wildman–Crippen MR) is 47.5 cm³/mol. The van der Waals surface area contributed by atoms with Gasteiger partial charge in [-0.3, -0.25) is 0 Å². The van der Waals surface area contributed by atoms with Crippen LogP contribution in [0.15, 0.2) is 0 Å². The van der Waals surface area contributed by atoms with Gasteiger partial charge in [-0.2, -0.15) is 11.8 Å². The van der Waals surface area contributed by atoms with E-state index in [2.05, 4.69) is 0 Å². The van der Waals surface area contributed by atoms with Crippen LogP contribution in [-0.2, 0) is 0 Å². The summed E-state index contributed by atoms with van der Waals surface area (Å²) < 4.78 is 0. The monoisotopic (exact) mass is 176 g/mol. The fourth-order valence-corrected chi connectivity index (χ4v) is 4.78. The lowest BCUT2D eigenvalue weighted by Crippen LogP contribution is -2.35. The molecule has 58 valence electrons. The number of hydrogen-bond acceptors (Lipinski definition) is 3. The standard InChI is InChI=1S/C7H12OS2/c8-7-3-1-2-6(7)9-4-5-10-7/h6,8H,1-5H2. The van der Waals surface area contributed by atoms with E-state index in [9.17, 15) is 5.11 Å². The fraction of sp³-hybridized carbons (Fsp3) is 1.00. The van der Waals surface area contributed by atoms with Crippen LogP contribution in [0, 0.1) is 0 Å². The third kappa shape index (κ3) is 1.08. The van der Waals surface area contributed by atoms with E-state index in [4.69, 9.17) is 0 Å². The Balaban J connectivity index is 2.10. The Kier molecular flexibility index (Phi) is 1.91. The highest BCUT2D eigenvalue weighted by molar-refractivity contribution is 8.07. The van der Waals surface area contributed by atoms with Gasteiger partial charge < -0.3 is 5.11 Å². The Morgan fingerprint density at radius 1 is 1.40 bits per heavy atom. The van der Waals surface area contributed by atoms with Gasteiger partial charge in [-0.1, -0.05) is 0 Å². The lowest BCUT2D eigenvalue weighted by molar-refractivity contribution is 0.150. The lowest BCUT2D eigenvalue weighted by Gasteiger charge is -2.33. The van der Waals surface area contributed by atoms with Crippen molar-refractivity contribution in [1.82, 2.24) is 0 Å². The Morgan fingerprint density at radius 3 is 3.10 bits per heavy atom. The topological polar surface area (TPSA) is 20.2 Å². The number of hydrogen-bond donors (Lipinski definition) is 1. The summed E-state index contributed by atoms with van der Waals surface area (Å²) in [5.41, 5.74) is 0. The first-order valence-electron chi connectivity index (χ1n) is 3.79. The summed E-state index contributed by atoms with van der Waals surface area (Å²) in [4.78, 5) is -0.330. The second kappa shape index (κ2) is 2.61. The molecule has 2 fully saturated rings. The van der Waals surface area contributed by atoms with Crippen molar-refractivity contribution in [2.45, 2.75) is 29.4 Å². The molecule has 0 aromatic heterocycles. The molecule has 0 spiro atoms. The molecule has 2 unspecified atom stereocenters. The maximum atomic E-state index is 9.95. The van der Waals surface area contributed by atoms with Crippen LogP contribution in [-0.4, -0.2) is 26.8 Å². The Bertz CT molecular complexity index is 140. The highest BCUT2D eigenvalue weighted by Crippen LogP contribution is 2.48. The zero-order valence-electron chi connectivity index (χ0n) is 5.88. The van der Waals surface area contributed by atoms with Crippen LogP contribution in [0.1, 0.15) is 19.3 Å². The molecule has 2 rings (SSSR count). The van der Waals surface area contributed by atoms with Crippen LogP contribution in [0.25, 0.3) is 0 Å². The molecule has 0 aromatic carbocycles. The van der Waals surface area contributed by atoms with Gasteiger partial charge in [0.1, 0.15) is 4.93 Å². The smallest absolute Gasteiger partial charge is 0.122 e. The highest BCUT2D eigenvalue weighted by Gasteiger charge is 2.43. The van der Waals surface area contributed by atoms with Gasteiger partial charge in [0.25, 0.3) is 0 Å². The number of aliphatic hydroxyl groups is 1. The molecule has 1 aliphatic carbocycles. The summed E-state index contributed by atoms with van der Waals surface area (Å²) in [5, 5.41) is 10.5. The summed E-state index contributed by atoms with van der Waals surface area (Å²) in [5.74, 6) is 2.37. The van der Waals surface area contributed by atoms with Crippen molar-refractivity contribution in [3.8, 4) is 0 Å². The van der Waals surface area contributed by atoms with E-state index in [0.717, 1.165) is 12.2 Å². The van der Waals surface area contributed by atoms with Gasteiger partial charge in [0.15, 0.2) is 0 Å². The van der Waals surface area contributed by atoms with Crippen molar-refractivity contribution in [2.75, 3.05) is 11.5 Å². The van der Waals surface area contributed by atoms with E-state index in [0.29, 0.717) is 5.25 Å². The quantitative estimate of drug-likeness (QED) is 0.607. The van der Waals surface area contributed by atoms with Crippen LogP contribution >= 0.6 is 23.5 Å². The third-order valence-corrected chi connectivity index (χ3v) is 5.53. The van der Waals surface area contributed by atoms with Crippen molar-refractivity contribution in [3.05, 3.63) is 0 Å². The van der Waals surface area contributed by atoms with Crippen LogP contribution in [0.4, 0.5) is 0 Å². The maximum absolute atomic E-state index is 9.95. The van der Waals surface area contributed by atoms with Crippen LogP contribution in [0.3, 0.4) is 0 Å². The maximum Gasteiger partial charge on any atom is 0.122 e. The number of rotatable bonds is 0. The molecule has 1 aliphatic heterocycles. The third-order valence-electron chi connectivity index (χ3n) is 2.26.